The average Bonchev–Trinajstić information content (AvgIpc) is 3.34. The smallest absolute Gasteiger partial charge is 0.337 e. The lowest BCUT2D eigenvalue weighted by Crippen LogP contribution is -2.38. The van der Waals surface area contributed by atoms with Gasteiger partial charge in [-0.05, 0) is 60.7 Å². The molecule has 4 rings (SSSR count). The molecule has 1 fully saturated rings. The third-order valence-electron chi connectivity index (χ3n) is 5.18. The topological polar surface area (TPSA) is 46.6 Å². The Morgan fingerprint density at radius 1 is 1.16 bits per heavy atom. The summed E-state index contributed by atoms with van der Waals surface area (Å²) in [5.41, 5.74) is 3.15. The number of methoxy groups -OCH3 is 1. The molecule has 4 nitrogen and oxygen atoms in total. The average molecular weight is 400 g/mol. The molecule has 2 aliphatic rings. The van der Waals surface area contributed by atoms with Crippen LogP contribution in [0.3, 0.4) is 0 Å². The first kappa shape index (κ1) is 16.3. The number of carbonyl (C=O) groups is 2. The van der Waals surface area contributed by atoms with Gasteiger partial charge in [0, 0.05) is 16.7 Å². The van der Waals surface area contributed by atoms with Crippen molar-refractivity contribution in [3.63, 3.8) is 0 Å². The Morgan fingerprint density at radius 2 is 1.96 bits per heavy atom. The van der Waals surface area contributed by atoms with Gasteiger partial charge in [0.1, 0.15) is 0 Å². The summed E-state index contributed by atoms with van der Waals surface area (Å²) in [7, 11) is 1.38. The van der Waals surface area contributed by atoms with E-state index in [1.165, 1.54) is 7.11 Å². The standard InChI is InChI=1S/C20H18BrNO3/c1-25-18(23)14-5-6-17-13(11-14)7-10-22(17)19(24)20(8-9-20)15-3-2-4-16(21)12-15/h2-6,11-12H,7-10H2,1H3. The van der Waals surface area contributed by atoms with Gasteiger partial charge in [-0.3, -0.25) is 4.79 Å². The Bertz CT molecular complexity index is 873. The van der Waals surface area contributed by atoms with E-state index in [-0.39, 0.29) is 11.9 Å². The minimum Gasteiger partial charge on any atom is -0.465 e. The second-order valence-corrected chi connectivity index (χ2v) is 7.55. The molecule has 0 atom stereocenters. The van der Waals surface area contributed by atoms with Crippen molar-refractivity contribution in [1.82, 2.24) is 0 Å². The van der Waals surface area contributed by atoms with E-state index in [1.807, 2.05) is 41.3 Å². The maximum Gasteiger partial charge on any atom is 0.337 e. The first-order valence-corrected chi connectivity index (χ1v) is 9.14. The summed E-state index contributed by atoms with van der Waals surface area (Å²) in [4.78, 5) is 26.9. The number of esters is 1. The molecule has 1 amide bonds. The van der Waals surface area contributed by atoms with Gasteiger partial charge >= 0.3 is 5.97 Å². The van der Waals surface area contributed by atoms with Gasteiger partial charge < -0.3 is 9.64 Å². The van der Waals surface area contributed by atoms with Crippen molar-refractivity contribution in [3.05, 3.63) is 63.6 Å². The molecule has 5 heteroatoms. The minimum atomic E-state index is -0.396. The SMILES string of the molecule is COC(=O)c1ccc2c(c1)CCN2C(=O)C1(c2cccc(Br)c2)CC1. The Hall–Kier alpha value is -2.14. The Balaban J connectivity index is 1.65. The second kappa shape index (κ2) is 5.99. The summed E-state index contributed by atoms with van der Waals surface area (Å²) in [6.07, 6.45) is 2.53. The van der Waals surface area contributed by atoms with Crippen LogP contribution in [0.15, 0.2) is 46.9 Å². The maximum absolute atomic E-state index is 13.3. The van der Waals surface area contributed by atoms with Gasteiger partial charge in [-0.25, -0.2) is 4.79 Å². The van der Waals surface area contributed by atoms with Crippen molar-refractivity contribution in [2.45, 2.75) is 24.7 Å². The van der Waals surface area contributed by atoms with Crippen LogP contribution in [-0.4, -0.2) is 25.5 Å². The van der Waals surface area contributed by atoms with Crippen molar-refractivity contribution in [3.8, 4) is 0 Å². The van der Waals surface area contributed by atoms with E-state index in [2.05, 4.69) is 15.9 Å². The number of anilines is 1. The zero-order valence-electron chi connectivity index (χ0n) is 13.9. The number of nitrogens with zero attached hydrogens (tertiary/aromatic N) is 1. The molecule has 0 N–H and O–H groups in total. The lowest BCUT2D eigenvalue weighted by molar-refractivity contribution is -0.120. The first-order valence-electron chi connectivity index (χ1n) is 8.34. The van der Waals surface area contributed by atoms with Crippen molar-refractivity contribution >= 4 is 33.5 Å². The molecule has 0 radical (unpaired) electrons. The molecule has 1 saturated carbocycles. The molecule has 1 aliphatic carbocycles. The molecule has 128 valence electrons. The van der Waals surface area contributed by atoms with Crippen LogP contribution in [0.25, 0.3) is 0 Å². The number of halogens is 1. The third-order valence-corrected chi connectivity index (χ3v) is 5.67. The predicted octanol–water partition coefficient (Wildman–Crippen LogP) is 3.86. The van der Waals surface area contributed by atoms with Crippen LogP contribution in [0.4, 0.5) is 5.69 Å². The van der Waals surface area contributed by atoms with Crippen molar-refractivity contribution in [1.29, 1.82) is 0 Å². The van der Waals surface area contributed by atoms with Crippen LogP contribution >= 0.6 is 15.9 Å². The number of carbonyl (C=O) groups excluding carboxylic acids is 2. The lowest BCUT2D eigenvalue weighted by atomic mass is 9.94. The largest absolute Gasteiger partial charge is 0.465 e. The molecule has 2 aromatic carbocycles. The van der Waals surface area contributed by atoms with Crippen molar-refractivity contribution in [2.24, 2.45) is 0 Å². The molecule has 0 spiro atoms. The fraction of sp³-hybridized carbons (Fsp3) is 0.300. The summed E-state index contributed by atoms with van der Waals surface area (Å²) in [6, 6.07) is 13.5. The number of amides is 1. The summed E-state index contributed by atoms with van der Waals surface area (Å²) < 4.78 is 5.77. The summed E-state index contributed by atoms with van der Waals surface area (Å²) in [6.45, 7) is 0.661. The van der Waals surface area contributed by atoms with Gasteiger partial charge in [0.2, 0.25) is 5.91 Å². The molecular weight excluding hydrogens is 382 g/mol. The fourth-order valence-electron chi connectivity index (χ4n) is 3.65. The highest BCUT2D eigenvalue weighted by Gasteiger charge is 2.53. The van der Waals surface area contributed by atoms with E-state index < -0.39 is 5.41 Å². The van der Waals surface area contributed by atoms with E-state index in [1.54, 1.807) is 6.07 Å². The quantitative estimate of drug-likeness (QED) is 0.736. The Kier molecular flexibility index (Phi) is 3.91. The zero-order chi connectivity index (χ0) is 17.6. The van der Waals surface area contributed by atoms with Crippen molar-refractivity contribution in [2.75, 3.05) is 18.6 Å². The summed E-state index contributed by atoms with van der Waals surface area (Å²) in [5, 5.41) is 0. The molecule has 0 bridgehead atoms. The van der Waals surface area contributed by atoms with E-state index in [0.717, 1.165) is 40.5 Å². The highest BCUT2D eigenvalue weighted by Crippen LogP contribution is 2.51. The van der Waals surface area contributed by atoms with Crippen LogP contribution in [0.5, 0.6) is 0 Å². The Labute approximate surface area is 154 Å². The van der Waals surface area contributed by atoms with E-state index in [4.69, 9.17) is 4.74 Å². The predicted molar refractivity (Wildman–Crippen MR) is 98.9 cm³/mol. The van der Waals surface area contributed by atoms with Gasteiger partial charge in [0.15, 0.2) is 0 Å². The van der Waals surface area contributed by atoms with Crippen LogP contribution in [0.1, 0.15) is 34.3 Å². The number of benzene rings is 2. The molecule has 2 aromatic rings. The van der Waals surface area contributed by atoms with Crippen LogP contribution in [-0.2, 0) is 21.4 Å². The highest BCUT2D eigenvalue weighted by atomic mass is 79.9. The van der Waals surface area contributed by atoms with Gasteiger partial charge in [0.25, 0.3) is 0 Å². The number of fused-ring (bicyclic) bond motifs is 1. The van der Waals surface area contributed by atoms with Gasteiger partial charge in [-0.15, -0.1) is 0 Å². The second-order valence-electron chi connectivity index (χ2n) is 6.63. The molecule has 1 aliphatic heterocycles. The van der Waals surface area contributed by atoms with Crippen LogP contribution in [0, 0.1) is 0 Å². The summed E-state index contributed by atoms with van der Waals surface area (Å²) in [5.74, 6) is -0.185. The minimum absolute atomic E-state index is 0.162. The number of hydrogen-bond donors (Lipinski definition) is 0. The molecule has 0 unspecified atom stereocenters. The Morgan fingerprint density at radius 3 is 2.64 bits per heavy atom. The highest BCUT2D eigenvalue weighted by molar-refractivity contribution is 9.10. The zero-order valence-corrected chi connectivity index (χ0v) is 15.5. The number of rotatable bonds is 3. The lowest BCUT2D eigenvalue weighted by Gasteiger charge is -2.24. The molecule has 0 saturated heterocycles. The first-order chi connectivity index (χ1) is 12.0. The van der Waals surface area contributed by atoms with Crippen LogP contribution < -0.4 is 4.90 Å². The van der Waals surface area contributed by atoms with E-state index >= 15 is 0 Å². The molecule has 1 heterocycles. The van der Waals surface area contributed by atoms with Gasteiger partial charge in [0.05, 0.1) is 18.1 Å². The molecular formula is C20H18BrNO3. The normalized spacial score (nSPS) is 17.1. The van der Waals surface area contributed by atoms with Crippen LogP contribution in [0.2, 0.25) is 0 Å². The molecule has 25 heavy (non-hydrogen) atoms. The van der Waals surface area contributed by atoms with E-state index in [9.17, 15) is 9.59 Å². The van der Waals surface area contributed by atoms with Crippen molar-refractivity contribution < 1.29 is 14.3 Å². The monoisotopic (exact) mass is 399 g/mol. The number of hydrogen-bond acceptors (Lipinski definition) is 3. The molecule has 0 aromatic heterocycles. The third kappa shape index (κ3) is 2.67. The fourth-order valence-corrected chi connectivity index (χ4v) is 4.05. The van der Waals surface area contributed by atoms with E-state index in [0.29, 0.717) is 12.1 Å². The maximum atomic E-state index is 13.3. The summed E-state index contributed by atoms with van der Waals surface area (Å²) >= 11 is 3.50. The number of ether oxygens (including phenoxy) is 1. The van der Waals surface area contributed by atoms with Gasteiger partial charge in [-0.1, -0.05) is 28.1 Å². The van der Waals surface area contributed by atoms with Gasteiger partial charge in [-0.2, -0.15) is 0 Å².